The number of rotatable bonds is 6. The highest BCUT2D eigenvalue weighted by Crippen LogP contribution is 2.26. The molecule has 0 heterocycles. The van der Waals surface area contributed by atoms with Crippen LogP contribution < -0.4 is 9.47 Å². The van der Waals surface area contributed by atoms with Gasteiger partial charge in [0.25, 0.3) is 0 Å². The molecule has 2 aromatic carbocycles. The Kier molecular flexibility index (Phi) is 4.81. The van der Waals surface area contributed by atoms with Gasteiger partial charge in [0.1, 0.15) is 11.5 Å². The van der Waals surface area contributed by atoms with Crippen LogP contribution in [0.4, 0.5) is 0 Å². The molecule has 0 saturated carbocycles. The van der Waals surface area contributed by atoms with Gasteiger partial charge in [-0.05, 0) is 18.2 Å². The van der Waals surface area contributed by atoms with Crippen molar-refractivity contribution in [2.45, 2.75) is 12.5 Å². The number of aliphatic hydroxyl groups excluding tert-OH is 1. The quantitative estimate of drug-likeness (QED) is 0.864. The summed E-state index contributed by atoms with van der Waals surface area (Å²) >= 11 is 0. The van der Waals surface area contributed by atoms with Crippen molar-refractivity contribution < 1.29 is 14.6 Å². The van der Waals surface area contributed by atoms with Crippen LogP contribution in [-0.2, 0) is 0 Å². The molecule has 0 radical (unpaired) electrons. The van der Waals surface area contributed by atoms with E-state index in [0.29, 0.717) is 18.8 Å². The summed E-state index contributed by atoms with van der Waals surface area (Å²) in [6.07, 6.45) is -0.0604. The van der Waals surface area contributed by atoms with Gasteiger partial charge in [0, 0.05) is 12.0 Å². The lowest BCUT2D eigenvalue weighted by Crippen LogP contribution is -2.06. The fourth-order valence-corrected chi connectivity index (χ4v) is 1.90. The van der Waals surface area contributed by atoms with E-state index in [4.69, 9.17) is 9.47 Å². The van der Waals surface area contributed by atoms with Crippen LogP contribution in [0.15, 0.2) is 54.6 Å². The van der Waals surface area contributed by atoms with E-state index in [1.54, 1.807) is 7.11 Å². The van der Waals surface area contributed by atoms with E-state index in [-0.39, 0.29) is 0 Å². The summed E-state index contributed by atoms with van der Waals surface area (Å²) in [5, 5.41) is 10.2. The van der Waals surface area contributed by atoms with Gasteiger partial charge in [-0.15, -0.1) is 0 Å². The van der Waals surface area contributed by atoms with E-state index in [2.05, 4.69) is 0 Å². The molecule has 0 amide bonds. The monoisotopic (exact) mass is 258 g/mol. The fourth-order valence-electron chi connectivity index (χ4n) is 1.90. The maximum atomic E-state index is 10.2. The second kappa shape index (κ2) is 6.81. The third kappa shape index (κ3) is 3.73. The zero-order valence-corrected chi connectivity index (χ0v) is 11.0. The SMILES string of the molecule is COc1ccccc1C(O)CCOc1ccccc1. The zero-order chi connectivity index (χ0) is 13.5. The number of aliphatic hydroxyl groups is 1. The minimum atomic E-state index is -0.583. The smallest absolute Gasteiger partial charge is 0.124 e. The predicted octanol–water partition coefficient (Wildman–Crippen LogP) is 3.20. The number of hydrogen-bond acceptors (Lipinski definition) is 3. The van der Waals surface area contributed by atoms with Gasteiger partial charge in [-0.3, -0.25) is 0 Å². The van der Waals surface area contributed by atoms with Crippen LogP contribution in [0, 0.1) is 0 Å². The van der Waals surface area contributed by atoms with Crippen molar-refractivity contribution in [3.05, 3.63) is 60.2 Å². The maximum absolute atomic E-state index is 10.2. The molecular formula is C16H18O3. The van der Waals surface area contributed by atoms with Crippen molar-refractivity contribution in [1.29, 1.82) is 0 Å². The second-order valence-corrected chi connectivity index (χ2v) is 4.21. The predicted molar refractivity (Wildman–Crippen MR) is 74.5 cm³/mol. The molecule has 2 rings (SSSR count). The van der Waals surface area contributed by atoms with Gasteiger partial charge in [0.05, 0.1) is 19.8 Å². The van der Waals surface area contributed by atoms with Gasteiger partial charge in [0.2, 0.25) is 0 Å². The number of para-hydroxylation sites is 2. The third-order valence-electron chi connectivity index (χ3n) is 2.90. The minimum absolute atomic E-state index is 0.462. The van der Waals surface area contributed by atoms with Crippen molar-refractivity contribution in [3.8, 4) is 11.5 Å². The van der Waals surface area contributed by atoms with Crippen molar-refractivity contribution in [3.63, 3.8) is 0 Å². The van der Waals surface area contributed by atoms with Crippen LogP contribution in [0.2, 0.25) is 0 Å². The summed E-state index contributed by atoms with van der Waals surface area (Å²) < 4.78 is 10.8. The number of methoxy groups -OCH3 is 1. The number of ether oxygens (including phenoxy) is 2. The van der Waals surface area contributed by atoms with Gasteiger partial charge in [-0.2, -0.15) is 0 Å². The van der Waals surface area contributed by atoms with Crippen LogP contribution in [0.3, 0.4) is 0 Å². The number of hydrogen-bond donors (Lipinski definition) is 1. The van der Waals surface area contributed by atoms with E-state index in [1.165, 1.54) is 0 Å². The Hall–Kier alpha value is -2.00. The highest BCUT2D eigenvalue weighted by atomic mass is 16.5. The lowest BCUT2D eigenvalue weighted by molar-refractivity contribution is 0.137. The van der Waals surface area contributed by atoms with Crippen LogP contribution in [0.25, 0.3) is 0 Å². The molecule has 0 aliphatic heterocycles. The zero-order valence-electron chi connectivity index (χ0n) is 11.0. The molecule has 0 aliphatic rings. The Morgan fingerprint density at radius 1 is 1.00 bits per heavy atom. The average molecular weight is 258 g/mol. The molecule has 1 unspecified atom stereocenters. The fraction of sp³-hybridized carbons (Fsp3) is 0.250. The van der Waals surface area contributed by atoms with Crippen molar-refractivity contribution in [1.82, 2.24) is 0 Å². The Labute approximate surface area is 113 Å². The number of benzene rings is 2. The molecule has 100 valence electrons. The first-order valence-corrected chi connectivity index (χ1v) is 6.30. The Morgan fingerprint density at radius 2 is 1.68 bits per heavy atom. The molecule has 3 nitrogen and oxygen atoms in total. The van der Waals surface area contributed by atoms with Crippen LogP contribution in [0.1, 0.15) is 18.1 Å². The molecule has 0 spiro atoms. The van der Waals surface area contributed by atoms with E-state index < -0.39 is 6.10 Å². The normalized spacial score (nSPS) is 11.9. The summed E-state index contributed by atoms with van der Waals surface area (Å²) in [5.41, 5.74) is 0.793. The lowest BCUT2D eigenvalue weighted by atomic mass is 10.1. The second-order valence-electron chi connectivity index (χ2n) is 4.21. The van der Waals surface area contributed by atoms with Gasteiger partial charge in [0.15, 0.2) is 0 Å². The van der Waals surface area contributed by atoms with Crippen molar-refractivity contribution in [2.24, 2.45) is 0 Å². The van der Waals surface area contributed by atoms with Crippen LogP contribution >= 0.6 is 0 Å². The first-order valence-electron chi connectivity index (χ1n) is 6.30. The van der Waals surface area contributed by atoms with E-state index >= 15 is 0 Å². The molecule has 0 aromatic heterocycles. The van der Waals surface area contributed by atoms with Crippen LogP contribution in [-0.4, -0.2) is 18.8 Å². The molecular weight excluding hydrogens is 240 g/mol. The Bertz CT molecular complexity index is 496. The highest BCUT2D eigenvalue weighted by molar-refractivity contribution is 5.34. The van der Waals surface area contributed by atoms with E-state index in [1.807, 2.05) is 54.6 Å². The Balaban J connectivity index is 1.89. The highest BCUT2D eigenvalue weighted by Gasteiger charge is 2.12. The van der Waals surface area contributed by atoms with Gasteiger partial charge >= 0.3 is 0 Å². The van der Waals surface area contributed by atoms with E-state index in [0.717, 1.165) is 11.3 Å². The first-order chi connectivity index (χ1) is 9.31. The molecule has 0 aliphatic carbocycles. The Morgan fingerprint density at radius 3 is 2.42 bits per heavy atom. The minimum Gasteiger partial charge on any atom is -0.496 e. The standard InChI is InChI=1S/C16H18O3/c1-18-16-10-6-5-9-14(16)15(17)11-12-19-13-7-3-2-4-8-13/h2-10,15,17H,11-12H2,1H3. The van der Waals surface area contributed by atoms with Gasteiger partial charge in [-0.25, -0.2) is 0 Å². The van der Waals surface area contributed by atoms with Crippen molar-refractivity contribution in [2.75, 3.05) is 13.7 Å². The summed E-state index contributed by atoms with van der Waals surface area (Å²) in [6.45, 7) is 0.462. The molecule has 19 heavy (non-hydrogen) atoms. The van der Waals surface area contributed by atoms with Gasteiger partial charge < -0.3 is 14.6 Å². The molecule has 0 fully saturated rings. The largest absolute Gasteiger partial charge is 0.496 e. The summed E-state index contributed by atoms with van der Waals surface area (Å²) in [7, 11) is 1.60. The first kappa shape index (κ1) is 13.4. The summed E-state index contributed by atoms with van der Waals surface area (Å²) in [4.78, 5) is 0. The summed E-state index contributed by atoms with van der Waals surface area (Å²) in [6, 6.07) is 17.1. The van der Waals surface area contributed by atoms with Crippen molar-refractivity contribution >= 4 is 0 Å². The molecule has 1 atom stereocenters. The van der Waals surface area contributed by atoms with E-state index in [9.17, 15) is 5.11 Å². The topological polar surface area (TPSA) is 38.7 Å². The summed E-state index contributed by atoms with van der Waals surface area (Å²) in [5.74, 6) is 1.52. The lowest BCUT2D eigenvalue weighted by Gasteiger charge is -2.15. The molecule has 1 N–H and O–H groups in total. The molecule has 0 saturated heterocycles. The average Bonchev–Trinajstić information content (AvgIpc) is 2.48. The molecule has 2 aromatic rings. The third-order valence-corrected chi connectivity index (χ3v) is 2.90. The molecule has 3 heteroatoms. The van der Waals surface area contributed by atoms with Gasteiger partial charge in [-0.1, -0.05) is 36.4 Å². The van der Waals surface area contributed by atoms with Crippen LogP contribution in [0.5, 0.6) is 11.5 Å². The maximum Gasteiger partial charge on any atom is 0.124 e. The molecule has 0 bridgehead atoms.